The van der Waals surface area contributed by atoms with Crippen molar-refractivity contribution in [1.29, 1.82) is 0 Å². The molecule has 1 aliphatic heterocycles. The summed E-state index contributed by atoms with van der Waals surface area (Å²) in [6, 6.07) is 0. The van der Waals surface area contributed by atoms with Gasteiger partial charge in [0, 0.05) is 0 Å². The molecule has 1 saturated heterocycles. The maximum atomic E-state index is 3.69. The Bertz CT molecular complexity index is 167. The van der Waals surface area contributed by atoms with Gasteiger partial charge in [-0.1, -0.05) is 12.8 Å². The maximum Gasteiger partial charge on any atom is -0.00187 e. The second-order valence-electron chi connectivity index (χ2n) is 5.56. The molecule has 0 spiro atoms. The second kappa shape index (κ2) is 5.86. The molecule has 0 aromatic carbocycles. The molecule has 1 N–H and O–H groups in total. The predicted octanol–water partition coefficient (Wildman–Crippen LogP) is 2.11. The zero-order valence-corrected chi connectivity index (χ0v) is 10.2. The van der Waals surface area contributed by atoms with Gasteiger partial charge in [-0.25, -0.2) is 0 Å². The van der Waals surface area contributed by atoms with Crippen LogP contribution in [0.15, 0.2) is 0 Å². The molecule has 1 saturated carbocycles. The number of likely N-dealkylation sites (tertiary alicyclic amines) is 1. The molecule has 2 heteroatoms. The second-order valence-corrected chi connectivity index (χ2v) is 5.56. The Morgan fingerprint density at radius 3 is 2.07 bits per heavy atom. The highest BCUT2D eigenvalue weighted by molar-refractivity contribution is 4.74. The first-order chi connectivity index (χ1) is 7.34. The fraction of sp³-hybridized carbons (Fsp3) is 1.00. The van der Waals surface area contributed by atoms with Crippen molar-refractivity contribution in [3.8, 4) is 0 Å². The van der Waals surface area contributed by atoms with Crippen molar-refractivity contribution in [1.82, 2.24) is 10.2 Å². The predicted molar refractivity (Wildman–Crippen MR) is 65.0 cm³/mol. The first kappa shape index (κ1) is 11.4. The van der Waals surface area contributed by atoms with Gasteiger partial charge in [0.2, 0.25) is 0 Å². The fourth-order valence-electron chi connectivity index (χ4n) is 2.97. The molecular weight excluding hydrogens is 184 g/mol. The molecule has 2 aliphatic rings. The van der Waals surface area contributed by atoms with E-state index < -0.39 is 0 Å². The van der Waals surface area contributed by atoms with Gasteiger partial charge in [0.15, 0.2) is 0 Å². The van der Waals surface area contributed by atoms with Crippen molar-refractivity contribution in [3.05, 3.63) is 0 Å². The SMILES string of the molecule is CN1CCC(CNCC2CCCC2)CC1. The van der Waals surface area contributed by atoms with E-state index in [0.29, 0.717) is 0 Å². The lowest BCUT2D eigenvalue weighted by Gasteiger charge is -2.29. The van der Waals surface area contributed by atoms with Gasteiger partial charge in [-0.15, -0.1) is 0 Å². The zero-order valence-electron chi connectivity index (χ0n) is 10.2. The zero-order chi connectivity index (χ0) is 10.5. The van der Waals surface area contributed by atoms with Gasteiger partial charge >= 0.3 is 0 Å². The van der Waals surface area contributed by atoms with Crippen LogP contribution in [0.25, 0.3) is 0 Å². The van der Waals surface area contributed by atoms with Gasteiger partial charge in [-0.05, 0) is 70.7 Å². The molecular formula is C13H26N2. The average molecular weight is 210 g/mol. The molecule has 2 fully saturated rings. The summed E-state index contributed by atoms with van der Waals surface area (Å²) in [6.07, 6.45) is 8.68. The molecule has 2 rings (SSSR count). The van der Waals surface area contributed by atoms with Crippen molar-refractivity contribution in [2.45, 2.75) is 38.5 Å². The number of rotatable bonds is 4. The summed E-state index contributed by atoms with van der Waals surface area (Å²) < 4.78 is 0. The Morgan fingerprint density at radius 1 is 0.933 bits per heavy atom. The first-order valence-electron chi connectivity index (χ1n) is 6.74. The number of hydrogen-bond acceptors (Lipinski definition) is 2. The quantitative estimate of drug-likeness (QED) is 0.764. The van der Waals surface area contributed by atoms with Crippen LogP contribution in [0.3, 0.4) is 0 Å². The summed E-state index contributed by atoms with van der Waals surface area (Å²) in [6.45, 7) is 5.15. The fourth-order valence-corrected chi connectivity index (χ4v) is 2.97. The highest BCUT2D eigenvalue weighted by Gasteiger charge is 2.18. The van der Waals surface area contributed by atoms with Gasteiger partial charge in [0.1, 0.15) is 0 Å². The molecule has 2 nitrogen and oxygen atoms in total. The Balaban J connectivity index is 1.53. The number of piperidine rings is 1. The molecule has 15 heavy (non-hydrogen) atoms. The van der Waals surface area contributed by atoms with E-state index in [1.807, 2.05) is 0 Å². The van der Waals surface area contributed by atoms with Crippen LogP contribution in [0.5, 0.6) is 0 Å². The lowest BCUT2D eigenvalue weighted by Crippen LogP contribution is -2.36. The molecule has 0 bridgehead atoms. The van der Waals surface area contributed by atoms with Crippen LogP contribution in [-0.4, -0.2) is 38.1 Å². The van der Waals surface area contributed by atoms with E-state index >= 15 is 0 Å². The largest absolute Gasteiger partial charge is 0.316 e. The third kappa shape index (κ3) is 3.76. The van der Waals surface area contributed by atoms with E-state index in [-0.39, 0.29) is 0 Å². The van der Waals surface area contributed by atoms with Crippen LogP contribution >= 0.6 is 0 Å². The Kier molecular flexibility index (Phi) is 4.45. The molecule has 1 heterocycles. The number of nitrogens with zero attached hydrogens (tertiary/aromatic N) is 1. The molecule has 0 atom stereocenters. The maximum absolute atomic E-state index is 3.69. The topological polar surface area (TPSA) is 15.3 Å². The summed E-state index contributed by atoms with van der Waals surface area (Å²) in [7, 11) is 2.24. The average Bonchev–Trinajstić information content (AvgIpc) is 2.74. The van der Waals surface area contributed by atoms with Gasteiger partial charge in [0.25, 0.3) is 0 Å². The normalized spacial score (nSPS) is 26.2. The summed E-state index contributed by atoms with van der Waals surface area (Å²) in [5.74, 6) is 1.94. The summed E-state index contributed by atoms with van der Waals surface area (Å²) in [5, 5.41) is 3.69. The molecule has 0 aromatic rings. The number of nitrogens with one attached hydrogen (secondary N) is 1. The summed E-state index contributed by atoms with van der Waals surface area (Å²) in [4.78, 5) is 2.45. The third-order valence-corrected chi connectivity index (χ3v) is 4.18. The van der Waals surface area contributed by atoms with Crippen LogP contribution in [0, 0.1) is 11.8 Å². The van der Waals surface area contributed by atoms with Crippen LogP contribution in [0.4, 0.5) is 0 Å². The van der Waals surface area contributed by atoms with Gasteiger partial charge < -0.3 is 10.2 Å². The smallest absolute Gasteiger partial charge is 0.00187 e. The minimum absolute atomic E-state index is 0.947. The van der Waals surface area contributed by atoms with E-state index in [1.54, 1.807) is 0 Å². The van der Waals surface area contributed by atoms with Gasteiger partial charge in [0.05, 0.1) is 0 Å². The van der Waals surface area contributed by atoms with E-state index in [2.05, 4.69) is 17.3 Å². The highest BCUT2D eigenvalue weighted by Crippen LogP contribution is 2.24. The lowest BCUT2D eigenvalue weighted by molar-refractivity contribution is 0.214. The number of hydrogen-bond donors (Lipinski definition) is 1. The van der Waals surface area contributed by atoms with E-state index in [4.69, 9.17) is 0 Å². The van der Waals surface area contributed by atoms with Crippen LogP contribution < -0.4 is 5.32 Å². The first-order valence-corrected chi connectivity index (χ1v) is 6.74. The molecule has 0 aromatic heterocycles. The Hall–Kier alpha value is -0.0800. The molecule has 1 aliphatic carbocycles. The monoisotopic (exact) mass is 210 g/mol. The molecule has 0 unspecified atom stereocenters. The molecule has 88 valence electrons. The third-order valence-electron chi connectivity index (χ3n) is 4.18. The summed E-state index contributed by atoms with van der Waals surface area (Å²) in [5.41, 5.74) is 0. The van der Waals surface area contributed by atoms with Gasteiger partial charge in [-0.3, -0.25) is 0 Å². The van der Waals surface area contributed by atoms with Crippen LogP contribution in [0.2, 0.25) is 0 Å². The van der Waals surface area contributed by atoms with E-state index in [0.717, 1.165) is 11.8 Å². The van der Waals surface area contributed by atoms with Crippen molar-refractivity contribution >= 4 is 0 Å². The lowest BCUT2D eigenvalue weighted by atomic mass is 9.97. The van der Waals surface area contributed by atoms with E-state index in [1.165, 1.54) is 64.7 Å². The van der Waals surface area contributed by atoms with Crippen molar-refractivity contribution in [2.75, 3.05) is 33.2 Å². The Morgan fingerprint density at radius 2 is 1.47 bits per heavy atom. The highest BCUT2D eigenvalue weighted by atomic mass is 15.1. The summed E-state index contributed by atoms with van der Waals surface area (Å²) >= 11 is 0. The standard InChI is InChI=1S/C13H26N2/c1-15-8-6-13(7-9-15)11-14-10-12-4-2-3-5-12/h12-14H,2-11H2,1H3. The van der Waals surface area contributed by atoms with Crippen molar-refractivity contribution < 1.29 is 0 Å². The molecule has 0 radical (unpaired) electrons. The molecule has 0 amide bonds. The Labute approximate surface area is 94.4 Å². The minimum Gasteiger partial charge on any atom is -0.316 e. The minimum atomic E-state index is 0.947. The van der Waals surface area contributed by atoms with Crippen molar-refractivity contribution in [3.63, 3.8) is 0 Å². The van der Waals surface area contributed by atoms with E-state index in [9.17, 15) is 0 Å². The van der Waals surface area contributed by atoms with Gasteiger partial charge in [-0.2, -0.15) is 0 Å². The van der Waals surface area contributed by atoms with Crippen LogP contribution in [0.1, 0.15) is 38.5 Å². The van der Waals surface area contributed by atoms with Crippen LogP contribution in [-0.2, 0) is 0 Å². The van der Waals surface area contributed by atoms with Crippen molar-refractivity contribution in [2.24, 2.45) is 11.8 Å².